The predicted molar refractivity (Wildman–Crippen MR) is 117 cm³/mol. The fourth-order valence-corrected chi connectivity index (χ4v) is 6.83. The molecule has 6 heteroatoms. The van der Waals surface area contributed by atoms with Gasteiger partial charge in [-0.05, 0) is 61.3 Å². The number of aromatic amines is 1. The summed E-state index contributed by atoms with van der Waals surface area (Å²) in [6, 6.07) is 11.5. The van der Waals surface area contributed by atoms with Gasteiger partial charge in [0.1, 0.15) is 11.6 Å². The second kappa shape index (κ2) is 7.14. The first-order chi connectivity index (χ1) is 15.4. The van der Waals surface area contributed by atoms with Gasteiger partial charge in [-0.3, -0.25) is 4.79 Å². The number of amides is 1. The number of nitrogens with one attached hydrogen (secondary N) is 1. The molecule has 7 rings (SSSR count). The zero-order valence-corrected chi connectivity index (χ0v) is 17.7. The molecule has 3 unspecified atom stereocenters. The van der Waals surface area contributed by atoms with E-state index in [1.54, 1.807) is 0 Å². The minimum absolute atomic E-state index is 0.0126. The van der Waals surface area contributed by atoms with Gasteiger partial charge in [0.25, 0.3) is 0 Å². The maximum Gasteiger partial charge on any atom is 0.224 e. The lowest BCUT2D eigenvalue weighted by Gasteiger charge is -2.59. The van der Waals surface area contributed by atoms with Crippen molar-refractivity contribution in [3.05, 3.63) is 71.4 Å². The Morgan fingerprint density at radius 3 is 2.56 bits per heavy atom. The molecule has 1 aromatic heterocycles. The molecule has 4 nitrogen and oxygen atoms in total. The number of hydrogen-bond donors (Lipinski definition) is 2. The Hall–Kier alpha value is -2.73. The molecule has 2 N–H and O–H groups in total. The Bertz CT molecular complexity index is 1190. The monoisotopic (exact) mass is 436 g/mol. The fraction of sp³-hybridized carbons (Fsp3) is 0.423. The van der Waals surface area contributed by atoms with Crippen molar-refractivity contribution in [3.8, 4) is 0 Å². The van der Waals surface area contributed by atoms with Gasteiger partial charge in [0.2, 0.25) is 5.91 Å². The van der Waals surface area contributed by atoms with Crippen LogP contribution in [0.25, 0.3) is 10.9 Å². The van der Waals surface area contributed by atoms with E-state index in [9.17, 15) is 18.7 Å². The van der Waals surface area contributed by atoms with Crippen LogP contribution in [0.4, 0.5) is 8.78 Å². The van der Waals surface area contributed by atoms with Gasteiger partial charge in [-0.1, -0.05) is 24.3 Å². The summed E-state index contributed by atoms with van der Waals surface area (Å²) in [4.78, 5) is 18.9. The zero-order chi connectivity index (χ0) is 22.0. The van der Waals surface area contributed by atoms with Crippen LogP contribution in [0.5, 0.6) is 0 Å². The zero-order valence-electron chi connectivity index (χ0n) is 17.7. The van der Waals surface area contributed by atoms with Gasteiger partial charge in [-0.2, -0.15) is 0 Å². The minimum Gasteiger partial charge on any atom is -0.390 e. The average molecular weight is 437 g/mol. The molecule has 32 heavy (non-hydrogen) atoms. The second-order valence-corrected chi connectivity index (χ2v) is 9.99. The number of aliphatic hydroxyl groups is 1. The molecule has 4 bridgehead atoms. The molecule has 2 aromatic carbocycles. The number of rotatable bonds is 4. The highest BCUT2D eigenvalue weighted by Crippen LogP contribution is 2.52. The van der Waals surface area contributed by atoms with Crippen molar-refractivity contribution in [2.24, 2.45) is 5.92 Å². The standard InChI is InChI=1S/C26H26F2N2O2/c27-16-5-6-19(23(28)9-16)21(22-14-29-24-4-2-1-3-20(22)24)10-25(31)30-17-7-15-8-18(30)13-26(32,11-15)12-17/h1-6,9,14-15,17-18,21,29,32H,7-8,10-13H2. The maximum atomic E-state index is 14.9. The molecule has 1 amide bonds. The summed E-state index contributed by atoms with van der Waals surface area (Å²) in [6.45, 7) is 0. The SMILES string of the molecule is O=C(CC(c1ccc(F)cc1F)c1c[nH]c2ccccc12)N1C2CC3CC1CC(O)(C3)C2. The van der Waals surface area contributed by atoms with E-state index in [-0.39, 0.29) is 24.4 Å². The topological polar surface area (TPSA) is 56.3 Å². The van der Waals surface area contributed by atoms with Crippen LogP contribution in [-0.2, 0) is 4.79 Å². The molecule has 2 saturated carbocycles. The first-order valence-corrected chi connectivity index (χ1v) is 11.4. The molecule has 3 aromatic rings. The molecular weight excluding hydrogens is 410 g/mol. The van der Waals surface area contributed by atoms with Crippen molar-refractivity contribution in [3.63, 3.8) is 0 Å². The van der Waals surface area contributed by atoms with Crippen LogP contribution in [0.2, 0.25) is 0 Å². The third-order valence-corrected chi connectivity index (χ3v) is 7.90. The van der Waals surface area contributed by atoms with Crippen LogP contribution in [0.3, 0.4) is 0 Å². The first kappa shape index (κ1) is 19.9. The minimum atomic E-state index is -0.637. The Kier molecular flexibility index (Phi) is 4.44. The van der Waals surface area contributed by atoms with E-state index >= 15 is 0 Å². The van der Waals surface area contributed by atoms with E-state index in [4.69, 9.17) is 0 Å². The number of aromatic nitrogens is 1. The van der Waals surface area contributed by atoms with Gasteiger partial charge in [0.05, 0.1) is 5.60 Å². The highest BCUT2D eigenvalue weighted by atomic mass is 19.1. The molecule has 0 radical (unpaired) electrons. The van der Waals surface area contributed by atoms with Crippen LogP contribution in [0.1, 0.15) is 55.6 Å². The number of para-hydroxylation sites is 1. The smallest absolute Gasteiger partial charge is 0.224 e. The predicted octanol–water partition coefficient (Wildman–Crippen LogP) is 4.87. The van der Waals surface area contributed by atoms with Crippen molar-refractivity contribution < 1.29 is 18.7 Å². The molecule has 2 saturated heterocycles. The van der Waals surface area contributed by atoms with Crippen molar-refractivity contribution >= 4 is 16.8 Å². The fourth-order valence-electron chi connectivity index (χ4n) is 6.83. The number of benzene rings is 2. The summed E-state index contributed by atoms with van der Waals surface area (Å²) in [5.74, 6) is -1.32. The first-order valence-electron chi connectivity index (χ1n) is 11.4. The van der Waals surface area contributed by atoms with Crippen LogP contribution in [0, 0.1) is 17.6 Å². The average Bonchev–Trinajstić information content (AvgIpc) is 3.15. The Labute approximate surface area is 185 Å². The molecule has 4 fully saturated rings. The third kappa shape index (κ3) is 3.15. The highest BCUT2D eigenvalue weighted by Gasteiger charge is 2.55. The summed E-state index contributed by atoms with van der Waals surface area (Å²) in [7, 11) is 0. The molecule has 0 spiro atoms. The van der Waals surface area contributed by atoms with E-state index < -0.39 is 23.2 Å². The third-order valence-electron chi connectivity index (χ3n) is 7.90. The molecule has 4 aliphatic rings. The lowest BCUT2D eigenvalue weighted by molar-refractivity contribution is -0.174. The highest BCUT2D eigenvalue weighted by molar-refractivity contribution is 5.86. The summed E-state index contributed by atoms with van der Waals surface area (Å²) < 4.78 is 28.6. The van der Waals surface area contributed by atoms with Gasteiger partial charge in [-0.25, -0.2) is 8.78 Å². The summed E-state index contributed by atoms with van der Waals surface area (Å²) in [5.41, 5.74) is 1.45. The van der Waals surface area contributed by atoms with Gasteiger partial charge in [0.15, 0.2) is 0 Å². The number of nitrogens with zero attached hydrogens (tertiary/aromatic N) is 1. The summed E-state index contributed by atoms with van der Waals surface area (Å²) in [5, 5.41) is 11.8. The van der Waals surface area contributed by atoms with E-state index in [0.29, 0.717) is 24.3 Å². The number of H-pyrrole nitrogens is 1. The summed E-state index contributed by atoms with van der Waals surface area (Å²) in [6.07, 6.45) is 5.94. The number of hydrogen-bond acceptors (Lipinski definition) is 2. The molecule has 2 aliphatic carbocycles. The molecule has 166 valence electrons. The van der Waals surface area contributed by atoms with Gasteiger partial charge in [0, 0.05) is 47.6 Å². The number of fused-ring (bicyclic) bond motifs is 1. The normalized spacial score (nSPS) is 29.6. The second-order valence-electron chi connectivity index (χ2n) is 9.99. The van der Waals surface area contributed by atoms with E-state index in [1.165, 1.54) is 12.1 Å². The number of piperidine rings is 2. The molecule has 3 atom stereocenters. The van der Waals surface area contributed by atoms with Crippen LogP contribution in [0.15, 0.2) is 48.7 Å². The van der Waals surface area contributed by atoms with E-state index in [1.807, 2.05) is 35.4 Å². The van der Waals surface area contributed by atoms with Crippen molar-refractivity contribution in [2.75, 3.05) is 0 Å². The Morgan fingerprint density at radius 2 is 1.84 bits per heavy atom. The van der Waals surface area contributed by atoms with E-state index in [2.05, 4.69) is 4.98 Å². The molecule has 2 aliphatic heterocycles. The van der Waals surface area contributed by atoms with Gasteiger partial charge in [-0.15, -0.1) is 0 Å². The Balaban J connectivity index is 1.37. The molecular formula is C26H26F2N2O2. The van der Waals surface area contributed by atoms with Crippen LogP contribution >= 0.6 is 0 Å². The maximum absolute atomic E-state index is 14.9. The van der Waals surface area contributed by atoms with Crippen molar-refractivity contribution in [2.45, 2.75) is 62.1 Å². The number of halogens is 2. The lowest BCUT2D eigenvalue weighted by atomic mass is 9.61. The van der Waals surface area contributed by atoms with Crippen LogP contribution < -0.4 is 0 Å². The van der Waals surface area contributed by atoms with E-state index in [0.717, 1.165) is 41.8 Å². The van der Waals surface area contributed by atoms with Gasteiger partial charge >= 0.3 is 0 Å². The number of carbonyl (C=O) groups is 1. The summed E-state index contributed by atoms with van der Waals surface area (Å²) >= 11 is 0. The van der Waals surface area contributed by atoms with Crippen molar-refractivity contribution in [1.82, 2.24) is 9.88 Å². The molecule has 3 heterocycles. The largest absolute Gasteiger partial charge is 0.390 e. The quantitative estimate of drug-likeness (QED) is 0.613. The van der Waals surface area contributed by atoms with Crippen molar-refractivity contribution in [1.29, 1.82) is 0 Å². The lowest BCUT2D eigenvalue weighted by Crippen LogP contribution is -2.65. The Morgan fingerprint density at radius 1 is 1.09 bits per heavy atom. The van der Waals surface area contributed by atoms with Crippen LogP contribution in [-0.4, -0.2) is 38.6 Å². The number of carbonyl (C=O) groups excluding carboxylic acids is 1. The van der Waals surface area contributed by atoms with Gasteiger partial charge < -0.3 is 15.0 Å².